The van der Waals surface area contributed by atoms with Crippen molar-refractivity contribution in [3.05, 3.63) is 59.7 Å². The first-order valence-corrected chi connectivity index (χ1v) is 6.95. The monoisotopic (exact) mass is 284 g/mol. The molecule has 1 aliphatic rings. The fraction of sp³-hybridized carbons (Fsp3) is 0.250. The molecule has 0 fully saturated rings. The molecule has 3 rings (SSSR count). The van der Waals surface area contributed by atoms with Crippen molar-refractivity contribution in [2.75, 3.05) is 18.5 Å². The molecule has 1 aromatic carbocycles. The number of nitrogens with one attached hydrogen (secondary N) is 1. The van der Waals surface area contributed by atoms with Gasteiger partial charge in [0, 0.05) is 25.5 Å². The summed E-state index contributed by atoms with van der Waals surface area (Å²) in [7, 11) is 1.73. The van der Waals surface area contributed by atoms with E-state index >= 15 is 0 Å². The lowest BCUT2D eigenvalue weighted by Gasteiger charge is -2.22. The Morgan fingerprint density at radius 2 is 2.19 bits per heavy atom. The van der Waals surface area contributed by atoms with Gasteiger partial charge in [0.1, 0.15) is 5.82 Å². The molecule has 0 aliphatic carbocycles. The number of guanidine groups is 1. The molecule has 21 heavy (non-hydrogen) atoms. The Morgan fingerprint density at radius 1 is 1.33 bits per heavy atom. The van der Waals surface area contributed by atoms with Gasteiger partial charge in [-0.2, -0.15) is 0 Å². The van der Waals surface area contributed by atoms with Crippen molar-refractivity contribution in [2.45, 2.75) is 13.0 Å². The van der Waals surface area contributed by atoms with Gasteiger partial charge < -0.3 is 10.2 Å². The summed E-state index contributed by atoms with van der Waals surface area (Å²) in [5, 5.41) is 3.18. The molecule has 0 amide bonds. The fourth-order valence-corrected chi connectivity index (χ4v) is 2.56. The number of rotatable bonds is 2. The number of aromatic nitrogens is 1. The first-order valence-electron chi connectivity index (χ1n) is 6.95. The maximum atomic E-state index is 13.6. The van der Waals surface area contributed by atoms with E-state index in [1.807, 2.05) is 12.1 Å². The number of benzene rings is 1. The standard InChI is InChI=1S/C16H17FN4/c1-18-16(20-11-14-13(17)6-4-9-19-14)21-10-8-12-5-2-3-7-15(12)21/h2-7,9H,8,10-11H2,1H3,(H,18,20). The third-order valence-electron chi connectivity index (χ3n) is 3.60. The van der Waals surface area contributed by atoms with Gasteiger partial charge in [0.05, 0.1) is 12.2 Å². The van der Waals surface area contributed by atoms with E-state index in [1.165, 1.54) is 11.6 Å². The van der Waals surface area contributed by atoms with Crippen molar-refractivity contribution in [2.24, 2.45) is 4.99 Å². The molecule has 5 heteroatoms. The van der Waals surface area contributed by atoms with Crippen molar-refractivity contribution in [3.63, 3.8) is 0 Å². The van der Waals surface area contributed by atoms with E-state index in [-0.39, 0.29) is 5.82 Å². The number of fused-ring (bicyclic) bond motifs is 1. The number of hydrogen-bond donors (Lipinski definition) is 1. The minimum absolute atomic E-state index is 0.303. The molecule has 0 saturated carbocycles. The van der Waals surface area contributed by atoms with Crippen molar-refractivity contribution in [3.8, 4) is 0 Å². The summed E-state index contributed by atoms with van der Waals surface area (Å²) in [4.78, 5) is 10.5. The van der Waals surface area contributed by atoms with Gasteiger partial charge >= 0.3 is 0 Å². The number of pyridine rings is 1. The summed E-state index contributed by atoms with van der Waals surface area (Å²) < 4.78 is 13.6. The Balaban J connectivity index is 1.74. The molecule has 2 heterocycles. The Kier molecular flexibility index (Phi) is 3.81. The molecule has 0 radical (unpaired) electrons. The van der Waals surface area contributed by atoms with Crippen LogP contribution in [0, 0.1) is 5.82 Å². The maximum Gasteiger partial charge on any atom is 0.198 e. The fourth-order valence-electron chi connectivity index (χ4n) is 2.56. The Labute approximate surface area is 123 Å². The lowest BCUT2D eigenvalue weighted by molar-refractivity contribution is 0.593. The topological polar surface area (TPSA) is 40.5 Å². The lowest BCUT2D eigenvalue weighted by Crippen LogP contribution is -2.40. The van der Waals surface area contributed by atoms with Crippen LogP contribution in [0.2, 0.25) is 0 Å². The van der Waals surface area contributed by atoms with Gasteiger partial charge in [0.25, 0.3) is 0 Å². The van der Waals surface area contributed by atoms with Crippen molar-refractivity contribution < 1.29 is 4.39 Å². The number of anilines is 1. The third-order valence-corrected chi connectivity index (χ3v) is 3.60. The van der Waals surface area contributed by atoms with Gasteiger partial charge in [-0.3, -0.25) is 9.98 Å². The van der Waals surface area contributed by atoms with Crippen LogP contribution in [0.1, 0.15) is 11.3 Å². The highest BCUT2D eigenvalue weighted by Gasteiger charge is 2.22. The van der Waals surface area contributed by atoms with Gasteiger partial charge in [-0.15, -0.1) is 0 Å². The van der Waals surface area contributed by atoms with Crippen LogP contribution in [0.15, 0.2) is 47.6 Å². The minimum atomic E-state index is -0.303. The largest absolute Gasteiger partial charge is 0.350 e. The molecule has 0 unspecified atom stereocenters. The maximum absolute atomic E-state index is 13.6. The number of aliphatic imine (C=N–C) groups is 1. The number of para-hydroxylation sites is 1. The molecule has 4 nitrogen and oxygen atoms in total. The predicted octanol–water partition coefficient (Wildman–Crippen LogP) is 2.36. The molecular weight excluding hydrogens is 267 g/mol. The van der Waals surface area contributed by atoms with Crippen molar-refractivity contribution in [1.29, 1.82) is 0 Å². The van der Waals surface area contributed by atoms with Gasteiger partial charge in [0.2, 0.25) is 0 Å². The highest BCUT2D eigenvalue weighted by Crippen LogP contribution is 2.27. The summed E-state index contributed by atoms with van der Waals surface area (Å²) in [6.07, 6.45) is 2.59. The summed E-state index contributed by atoms with van der Waals surface area (Å²) >= 11 is 0. The summed E-state index contributed by atoms with van der Waals surface area (Å²) in [5.41, 5.74) is 2.86. The van der Waals surface area contributed by atoms with Crippen LogP contribution in [0.4, 0.5) is 10.1 Å². The minimum Gasteiger partial charge on any atom is -0.350 e. The van der Waals surface area contributed by atoms with E-state index in [2.05, 4.69) is 32.3 Å². The average Bonchev–Trinajstić information content (AvgIpc) is 2.94. The number of nitrogens with zero attached hydrogens (tertiary/aromatic N) is 3. The van der Waals surface area contributed by atoms with E-state index in [0.717, 1.165) is 24.6 Å². The molecular formula is C16H17FN4. The Bertz CT molecular complexity index is 669. The van der Waals surface area contributed by atoms with Gasteiger partial charge in [-0.05, 0) is 30.2 Å². The average molecular weight is 284 g/mol. The van der Waals surface area contributed by atoms with Crippen LogP contribution >= 0.6 is 0 Å². The molecule has 0 bridgehead atoms. The second-order valence-corrected chi connectivity index (χ2v) is 4.86. The second kappa shape index (κ2) is 5.91. The molecule has 1 N–H and O–H groups in total. The van der Waals surface area contributed by atoms with E-state index < -0.39 is 0 Å². The van der Waals surface area contributed by atoms with Crippen LogP contribution in [0.25, 0.3) is 0 Å². The smallest absolute Gasteiger partial charge is 0.198 e. The number of halogens is 1. The van der Waals surface area contributed by atoms with Crippen LogP contribution in [0.5, 0.6) is 0 Å². The molecule has 1 aliphatic heterocycles. The van der Waals surface area contributed by atoms with Gasteiger partial charge in [0.15, 0.2) is 5.96 Å². The SMILES string of the molecule is CN=C(NCc1ncccc1F)N1CCc2ccccc21. The molecule has 108 valence electrons. The summed E-state index contributed by atoms with van der Waals surface area (Å²) in [5.74, 6) is 0.437. The summed E-state index contributed by atoms with van der Waals surface area (Å²) in [6, 6.07) is 11.3. The molecule has 0 atom stereocenters. The van der Waals surface area contributed by atoms with Crippen LogP contribution in [0.3, 0.4) is 0 Å². The lowest BCUT2D eigenvalue weighted by atomic mass is 10.2. The zero-order chi connectivity index (χ0) is 14.7. The van der Waals surface area contributed by atoms with Gasteiger partial charge in [-0.25, -0.2) is 4.39 Å². The Morgan fingerprint density at radius 3 is 3.00 bits per heavy atom. The van der Waals surface area contributed by atoms with E-state index in [9.17, 15) is 4.39 Å². The molecule has 2 aromatic rings. The third kappa shape index (κ3) is 2.72. The highest BCUT2D eigenvalue weighted by molar-refractivity contribution is 5.97. The van der Waals surface area contributed by atoms with E-state index in [1.54, 1.807) is 19.3 Å². The zero-order valence-corrected chi connectivity index (χ0v) is 11.9. The zero-order valence-electron chi connectivity index (χ0n) is 11.9. The normalized spacial score (nSPS) is 14.2. The molecule has 0 spiro atoms. The second-order valence-electron chi connectivity index (χ2n) is 4.86. The van der Waals surface area contributed by atoms with E-state index in [4.69, 9.17) is 0 Å². The number of hydrogen-bond acceptors (Lipinski definition) is 2. The van der Waals surface area contributed by atoms with Crippen LogP contribution in [-0.4, -0.2) is 24.5 Å². The van der Waals surface area contributed by atoms with Crippen molar-refractivity contribution >= 4 is 11.6 Å². The predicted molar refractivity (Wildman–Crippen MR) is 81.9 cm³/mol. The van der Waals surface area contributed by atoms with Crippen LogP contribution in [-0.2, 0) is 13.0 Å². The first kappa shape index (κ1) is 13.5. The molecule has 0 saturated heterocycles. The van der Waals surface area contributed by atoms with Crippen molar-refractivity contribution in [1.82, 2.24) is 10.3 Å². The Hall–Kier alpha value is -2.43. The van der Waals surface area contributed by atoms with E-state index in [0.29, 0.717) is 12.2 Å². The van der Waals surface area contributed by atoms with Gasteiger partial charge in [-0.1, -0.05) is 18.2 Å². The summed E-state index contributed by atoms with van der Waals surface area (Å²) in [6.45, 7) is 1.20. The van der Waals surface area contributed by atoms with Crippen LogP contribution < -0.4 is 10.2 Å². The molecule has 1 aromatic heterocycles. The first-order chi connectivity index (χ1) is 10.3. The highest BCUT2D eigenvalue weighted by atomic mass is 19.1. The quantitative estimate of drug-likeness (QED) is 0.680.